The third-order valence-corrected chi connectivity index (χ3v) is 4.79. The van der Waals surface area contributed by atoms with Crippen LogP contribution in [0, 0.1) is 26.7 Å². The number of hydrogen-bond acceptors (Lipinski definition) is 1. The molecule has 0 heterocycles. The minimum Gasteiger partial charge on any atom is -0.307 e. The SMILES string of the molecule is Cc1cc(C)c(C(C)N[C@@H](C)C2CCCC2)c(C)c1. The molecule has 1 N–H and O–H groups in total. The predicted octanol–water partition coefficient (Wildman–Crippen LogP) is 4.84. The van der Waals surface area contributed by atoms with Crippen LogP contribution in [0.5, 0.6) is 0 Å². The van der Waals surface area contributed by atoms with Crippen LogP contribution in [-0.2, 0) is 0 Å². The average molecular weight is 259 g/mol. The number of rotatable bonds is 4. The molecule has 0 radical (unpaired) electrons. The fourth-order valence-electron chi connectivity index (χ4n) is 3.95. The van der Waals surface area contributed by atoms with E-state index in [-0.39, 0.29) is 0 Å². The molecule has 0 saturated heterocycles. The summed E-state index contributed by atoms with van der Waals surface area (Å²) in [6.45, 7) is 11.4. The molecule has 2 rings (SSSR count). The van der Waals surface area contributed by atoms with Gasteiger partial charge in [-0.25, -0.2) is 0 Å². The van der Waals surface area contributed by atoms with Crippen LogP contribution in [0.4, 0.5) is 0 Å². The monoisotopic (exact) mass is 259 g/mol. The van der Waals surface area contributed by atoms with Gasteiger partial charge in [0.15, 0.2) is 0 Å². The summed E-state index contributed by atoms with van der Waals surface area (Å²) in [6, 6.07) is 5.70. The topological polar surface area (TPSA) is 12.0 Å². The van der Waals surface area contributed by atoms with Gasteiger partial charge in [-0.05, 0) is 70.1 Å². The summed E-state index contributed by atoms with van der Waals surface area (Å²) in [5.41, 5.74) is 5.72. The van der Waals surface area contributed by atoms with Crippen molar-refractivity contribution in [3.05, 3.63) is 34.4 Å². The molecule has 1 fully saturated rings. The molecule has 1 aliphatic rings. The molecule has 19 heavy (non-hydrogen) atoms. The summed E-state index contributed by atoms with van der Waals surface area (Å²) in [5.74, 6) is 0.883. The minimum atomic E-state index is 0.455. The van der Waals surface area contributed by atoms with Gasteiger partial charge in [0.1, 0.15) is 0 Å². The number of nitrogens with one attached hydrogen (secondary N) is 1. The van der Waals surface area contributed by atoms with E-state index >= 15 is 0 Å². The highest BCUT2D eigenvalue weighted by Gasteiger charge is 2.23. The Morgan fingerprint density at radius 1 is 1.00 bits per heavy atom. The van der Waals surface area contributed by atoms with Gasteiger partial charge in [-0.1, -0.05) is 30.5 Å². The van der Waals surface area contributed by atoms with Gasteiger partial charge in [0, 0.05) is 12.1 Å². The van der Waals surface area contributed by atoms with Crippen molar-refractivity contribution in [3.8, 4) is 0 Å². The Kier molecular flexibility index (Phi) is 4.67. The second-order valence-electron chi connectivity index (χ2n) is 6.53. The van der Waals surface area contributed by atoms with Gasteiger partial charge in [-0.3, -0.25) is 0 Å². The largest absolute Gasteiger partial charge is 0.307 e. The highest BCUT2D eigenvalue weighted by Crippen LogP contribution is 2.30. The number of hydrogen-bond donors (Lipinski definition) is 1. The summed E-state index contributed by atoms with van der Waals surface area (Å²) in [7, 11) is 0. The van der Waals surface area contributed by atoms with Crippen LogP contribution in [0.25, 0.3) is 0 Å². The molecule has 1 saturated carbocycles. The summed E-state index contributed by atoms with van der Waals surface area (Å²) in [6.07, 6.45) is 5.67. The lowest BCUT2D eigenvalue weighted by molar-refractivity contribution is 0.352. The zero-order chi connectivity index (χ0) is 14.0. The highest BCUT2D eigenvalue weighted by atomic mass is 14.9. The summed E-state index contributed by atoms with van der Waals surface area (Å²) < 4.78 is 0. The summed E-state index contributed by atoms with van der Waals surface area (Å²) >= 11 is 0. The van der Waals surface area contributed by atoms with E-state index in [9.17, 15) is 0 Å². The molecule has 0 amide bonds. The first kappa shape index (κ1) is 14.6. The van der Waals surface area contributed by atoms with Crippen molar-refractivity contribution in [3.63, 3.8) is 0 Å². The minimum absolute atomic E-state index is 0.455. The highest BCUT2D eigenvalue weighted by molar-refractivity contribution is 5.39. The van der Waals surface area contributed by atoms with Crippen molar-refractivity contribution in [2.75, 3.05) is 0 Å². The molecule has 1 unspecified atom stereocenters. The normalized spacial score (nSPS) is 19.6. The van der Waals surface area contributed by atoms with Crippen LogP contribution in [0.2, 0.25) is 0 Å². The Hall–Kier alpha value is -0.820. The van der Waals surface area contributed by atoms with Crippen LogP contribution in [-0.4, -0.2) is 6.04 Å². The van der Waals surface area contributed by atoms with Gasteiger partial charge >= 0.3 is 0 Å². The zero-order valence-corrected chi connectivity index (χ0v) is 13.2. The van der Waals surface area contributed by atoms with E-state index in [0.717, 1.165) is 5.92 Å². The Bertz CT molecular complexity index is 406. The van der Waals surface area contributed by atoms with Crippen molar-refractivity contribution < 1.29 is 0 Å². The van der Waals surface area contributed by atoms with Gasteiger partial charge in [0.2, 0.25) is 0 Å². The molecular formula is C18H29N. The molecule has 0 aliphatic heterocycles. The lowest BCUT2D eigenvalue weighted by Gasteiger charge is -2.27. The fourth-order valence-corrected chi connectivity index (χ4v) is 3.95. The molecule has 1 nitrogen and oxygen atoms in total. The molecule has 1 aromatic carbocycles. The second kappa shape index (κ2) is 6.09. The van der Waals surface area contributed by atoms with Gasteiger partial charge < -0.3 is 5.32 Å². The Morgan fingerprint density at radius 2 is 1.53 bits per heavy atom. The first-order valence-corrected chi connectivity index (χ1v) is 7.83. The van der Waals surface area contributed by atoms with E-state index in [1.54, 1.807) is 0 Å². The predicted molar refractivity (Wildman–Crippen MR) is 83.6 cm³/mol. The molecule has 1 heteroatoms. The molecule has 106 valence electrons. The molecule has 0 aromatic heterocycles. The smallest absolute Gasteiger partial charge is 0.0299 e. The maximum absolute atomic E-state index is 3.84. The van der Waals surface area contributed by atoms with Crippen molar-refractivity contribution in [1.29, 1.82) is 0 Å². The molecular weight excluding hydrogens is 230 g/mol. The Morgan fingerprint density at radius 3 is 2.05 bits per heavy atom. The van der Waals surface area contributed by atoms with Crippen LogP contribution >= 0.6 is 0 Å². The fraction of sp³-hybridized carbons (Fsp3) is 0.667. The first-order chi connectivity index (χ1) is 8.99. The third-order valence-electron chi connectivity index (χ3n) is 4.79. The van der Waals surface area contributed by atoms with E-state index in [1.165, 1.54) is 47.9 Å². The maximum atomic E-state index is 3.84. The lowest BCUT2D eigenvalue weighted by Crippen LogP contribution is -2.34. The van der Waals surface area contributed by atoms with Gasteiger partial charge in [-0.15, -0.1) is 0 Å². The van der Waals surface area contributed by atoms with Crippen LogP contribution in [0.1, 0.15) is 67.8 Å². The summed E-state index contributed by atoms with van der Waals surface area (Å²) in [4.78, 5) is 0. The van der Waals surface area contributed by atoms with Crippen molar-refractivity contribution in [2.45, 2.75) is 72.4 Å². The Labute approximate surface area is 118 Å². The zero-order valence-electron chi connectivity index (χ0n) is 13.2. The number of benzene rings is 1. The number of aryl methyl sites for hydroxylation is 3. The molecule has 2 atom stereocenters. The van der Waals surface area contributed by atoms with Crippen LogP contribution in [0.3, 0.4) is 0 Å². The van der Waals surface area contributed by atoms with Crippen LogP contribution in [0.15, 0.2) is 12.1 Å². The maximum Gasteiger partial charge on any atom is 0.0299 e. The third kappa shape index (κ3) is 3.39. The van der Waals surface area contributed by atoms with E-state index in [0.29, 0.717) is 12.1 Å². The second-order valence-corrected chi connectivity index (χ2v) is 6.53. The van der Waals surface area contributed by atoms with Gasteiger partial charge in [-0.2, -0.15) is 0 Å². The van der Waals surface area contributed by atoms with Crippen LogP contribution < -0.4 is 5.32 Å². The van der Waals surface area contributed by atoms with Gasteiger partial charge in [0.25, 0.3) is 0 Å². The van der Waals surface area contributed by atoms with Gasteiger partial charge in [0.05, 0.1) is 0 Å². The van der Waals surface area contributed by atoms with Crippen molar-refractivity contribution >= 4 is 0 Å². The molecule has 1 aliphatic carbocycles. The quantitative estimate of drug-likeness (QED) is 0.815. The van der Waals surface area contributed by atoms with E-state index in [4.69, 9.17) is 0 Å². The van der Waals surface area contributed by atoms with Crippen molar-refractivity contribution in [2.24, 2.45) is 5.92 Å². The Balaban J connectivity index is 2.09. The van der Waals surface area contributed by atoms with Crippen molar-refractivity contribution in [1.82, 2.24) is 5.32 Å². The first-order valence-electron chi connectivity index (χ1n) is 7.83. The standard InChI is InChI=1S/C18H29N/c1-12-10-13(2)18(14(3)11-12)16(5)19-15(4)17-8-6-7-9-17/h10-11,15-17,19H,6-9H2,1-5H3/t15-,16?/m0/s1. The van der Waals surface area contributed by atoms with E-state index < -0.39 is 0 Å². The molecule has 1 aromatic rings. The molecule has 0 spiro atoms. The summed E-state index contributed by atoms with van der Waals surface area (Å²) in [5, 5.41) is 3.84. The molecule has 0 bridgehead atoms. The van der Waals surface area contributed by atoms with E-state index in [1.807, 2.05) is 0 Å². The average Bonchev–Trinajstić information content (AvgIpc) is 2.80. The van der Waals surface area contributed by atoms with E-state index in [2.05, 4.69) is 52.1 Å². The lowest BCUT2D eigenvalue weighted by atomic mass is 9.92.